The Morgan fingerprint density at radius 2 is 2.29 bits per heavy atom. The zero-order chi connectivity index (χ0) is 12.1. The number of nitrogens with two attached hydrogens (primary N) is 1. The van der Waals surface area contributed by atoms with E-state index in [4.69, 9.17) is 10.5 Å². The normalized spacial score (nSPS) is 15.3. The Hall–Kier alpha value is -1.58. The van der Waals surface area contributed by atoms with Gasteiger partial charge in [-0.1, -0.05) is 19.3 Å². The molecule has 1 saturated carbocycles. The molecule has 0 bridgehead atoms. The van der Waals surface area contributed by atoms with Gasteiger partial charge in [0.1, 0.15) is 0 Å². The second kappa shape index (κ2) is 5.66. The van der Waals surface area contributed by atoms with E-state index in [2.05, 4.69) is 4.98 Å². The van der Waals surface area contributed by atoms with Crippen LogP contribution in [0.3, 0.4) is 0 Å². The molecule has 0 atom stereocenters. The largest absolute Gasteiger partial charge is 0.465 e. The zero-order valence-electron chi connectivity index (χ0n) is 9.89. The topological polar surface area (TPSA) is 65.2 Å². The van der Waals surface area contributed by atoms with Crippen LogP contribution < -0.4 is 5.73 Å². The van der Waals surface area contributed by atoms with E-state index in [1.807, 2.05) is 0 Å². The fraction of sp³-hybridized carbons (Fsp3) is 0.538. The van der Waals surface area contributed by atoms with Crippen molar-refractivity contribution in [1.82, 2.24) is 4.98 Å². The third-order valence-corrected chi connectivity index (χ3v) is 3.19. The van der Waals surface area contributed by atoms with Gasteiger partial charge in [0.25, 0.3) is 0 Å². The molecule has 17 heavy (non-hydrogen) atoms. The molecule has 92 valence electrons. The summed E-state index contributed by atoms with van der Waals surface area (Å²) < 4.78 is 5.17. The molecule has 4 heteroatoms. The predicted molar refractivity (Wildman–Crippen MR) is 65.3 cm³/mol. The van der Waals surface area contributed by atoms with Gasteiger partial charge in [0.2, 0.25) is 0 Å². The molecule has 0 aliphatic heterocycles. The van der Waals surface area contributed by atoms with Crippen LogP contribution in [0.2, 0.25) is 0 Å². The highest BCUT2D eigenvalue weighted by Crippen LogP contribution is 2.29. The van der Waals surface area contributed by atoms with Crippen LogP contribution in [0.4, 0.5) is 5.69 Å². The molecular formula is C13H18N2O2. The van der Waals surface area contributed by atoms with E-state index in [-0.39, 0.29) is 12.4 Å². The average Bonchev–Trinajstić information content (AvgIpc) is 2.25. The van der Waals surface area contributed by atoms with E-state index in [1.54, 1.807) is 18.3 Å². The highest BCUT2D eigenvalue weighted by Gasteiger charge is 2.17. The second-order valence-electron chi connectivity index (χ2n) is 4.57. The lowest BCUT2D eigenvalue weighted by Crippen LogP contribution is -2.16. The molecule has 1 fully saturated rings. The smallest absolute Gasteiger partial charge is 0.311 e. The van der Waals surface area contributed by atoms with Crippen LogP contribution in [0.5, 0.6) is 0 Å². The van der Waals surface area contributed by atoms with Gasteiger partial charge in [-0.25, -0.2) is 0 Å². The SMILES string of the molecule is Nc1ccc(CC(=O)OCCC2CCC2)nc1. The summed E-state index contributed by atoms with van der Waals surface area (Å²) in [5, 5.41) is 0. The Balaban J connectivity index is 1.67. The van der Waals surface area contributed by atoms with Crippen LogP contribution in [0.1, 0.15) is 31.4 Å². The van der Waals surface area contributed by atoms with Crippen LogP contribution in [0.15, 0.2) is 18.3 Å². The summed E-state index contributed by atoms with van der Waals surface area (Å²) >= 11 is 0. The van der Waals surface area contributed by atoms with Crippen molar-refractivity contribution in [3.63, 3.8) is 0 Å². The van der Waals surface area contributed by atoms with Gasteiger partial charge < -0.3 is 10.5 Å². The first-order valence-electron chi connectivity index (χ1n) is 6.10. The van der Waals surface area contributed by atoms with Crippen molar-refractivity contribution >= 4 is 11.7 Å². The van der Waals surface area contributed by atoms with E-state index in [0.717, 1.165) is 12.3 Å². The van der Waals surface area contributed by atoms with Crippen molar-refractivity contribution in [2.75, 3.05) is 12.3 Å². The highest BCUT2D eigenvalue weighted by atomic mass is 16.5. The molecule has 1 aliphatic rings. The minimum Gasteiger partial charge on any atom is -0.465 e. The monoisotopic (exact) mass is 234 g/mol. The third-order valence-electron chi connectivity index (χ3n) is 3.19. The van der Waals surface area contributed by atoms with Crippen LogP contribution >= 0.6 is 0 Å². The summed E-state index contributed by atoms with van der Waals surface area (Å²) in [7, 11) is 0. The molecule has 0 spiro atoms. The highest BCUT2D eigenvalue weighted by molar-refractivity contribution is 5.72. The van der Waals surface area contributed by atoms with Crippen molar-refractivity contribution in [3.05, 3.63) is 24.0 Å². The molecule has 1 aliphatic carbocycles. The molecule has 0 unspecified atom stereocenters. The number of hydrogen-bond donors (Lipinski definition) is 1. The molecule has 2 N–H and O–H groups in total. The number of nitrogen functional groups attached to an aromatic ring is 1. The number of pyridine rings is 1. The molecule has 0 amide bonds. The summed E-state index contributed by atoms with van der Waals surface area (Å²) in [6.07, 6.45) is 6.69. The fourth-order valence-electron chi connectivity index (χ4n) is 1.86. The minimum atomic E-state index is -0.207. The molecule has 2 rings (SSSR count). The number of nitrogens with zero attached hydrogens (tertiary/aromatic N) is 1. The van der Waals surface area contributed by atoms with Gasteiger partial charge in [-0.15, -0.1) is 0 Å². The lowest BCUT2D eigenvalue weighted by atomic mass is 9.83. The van der Waals surface area contributed by atoms with E-state index in [0.29, 0.717) is 18.0 Å². The number of anilines is 1. The van der Waals surface area contributed by atoms with Gasteiger partial charge in [-0.05, 0) is 24.5 Å². The Kier molecular flexibility index (Phi) is 3.96. The summed E-state index contributed by atoms with van der Waals surface area (Å²) in [6, 6.07) is 3.49. The summed E-state index contributed by atoms with van der Waals surface area (Å²) in [5.74, 6) is 0.569. The molecule has 1 aromatic heterocycles. The van der Waals surface area contributed by atoms with Gasteiger partial charge in [0, 0.05) is 0 Å². The van der Waals surface area contributed by atoms with Crippen molar-refractivity contribution in [1.29, 1.82) is 0 Å². The van der Waals surface area contributed by atoms with Gasteiger partial charge >= 0.3 is 5.97 Å². The Morgan fingerprint density at radius 3 is 2.88 bits per heavy atom. The number of hydrogen-bond acceptors (Lipinski definition) is 4. The molecule has 1 aromatic rings. The molecular weight excluding hydrogens is 216 g/mol. The van der Waals surface area contributed by atoms with Gasteiger partial charge in [0.05, 0.1) is 30.6 Å². The van der Waals surface area contributed by atoms with Crippen molar-refractivity contribution in [3.8, 4) is 0 Å². The van der Waals surface area contributed by atoms with E-state index < -0.39 is 0 Å². The Bertz CT molecular complexity index is 372. The second-order valence-corrected chi connectivity index (χ2v) is 4.57. The van der Waals surface area contributed by atoms with Gasteiger partial charge in [-0.3, -0.25) is 9.78 Å². The maximum atomic E-state index is 11.5. The third kappa shape index (κ3) is 3.73. The standard InChI is InChI=1S/C13H18N2O2/c14-11-4-5-12(15-9-11)8-13(16)17-7-6-10-2-1-3-10/h4-5,9-10H,1-3,6-8,14H2. The average molecular weight is 234 g/mol. The first-order chi connectivity index (χ1) is 8.24. The maximum absolute atomic E-state index is 11.5. The Labute approximate surface area is 101 Å². The van der Waals surface area contributed by atoms with Crippen molar-refractivity contribution in [2.24, 2.45) is 5.92 Å². The Morgan fingerprint density at radius 1 is 1.47 bits per heavy atom. The maximum Gasteiger partial charge on any atom is 0.311 e. The van der Waals surface area contributed by atoms with E-state index >= 15 is 0 Å². The number of ether oxygens (including phenoxy) is 1. The molecule has 0 saturated heterocycles. The first kappa shape index (κ1) is 11.9. The minimum absolute atomic E-state index is 0.207. The fourth-order valence-corrected chi connectivity index (χ4v) is 1.86. The van der Waals surface area contributed by atoms with Crippen LogP contribution in [0.25, 0.3) is 0 Å². The van der Waals surface area contributed by atoms with Crippen molar-refractivity contribution in [2.45, 2.75) is 32.1 Å². The van der Waals surface area contributed by atoms with Crippen LogP contribution in [-0.2, 0) is 16.0 Å². The van der Waals surface area contributed by atoms with E-state index in [9.17, 15) is 4.79 Å². The number of carbonyl (C=O) groups excluding carboxylic acids is 1. The number of esters is 1. The number of rotatable bonds is 5. The lowest BCUT2D eigenvalue weighted by molar-refractivity contribution is -0.143. The van der Waals surface area contributed by atoms with Gasteiger partial charge in [0.15, 0.2) is 0 Å². The van der Waals surface area contributed by atoms with Crippen LogP contribution in [0, 0.1) is 5.92 Å². The van der Waals surface area contributed by atoms with Gasteiger partial charge in [-0.2, -0.15) is 0 Å². The first-order valence-corrected chi connectivity index (χ1v) is 6.10. The lowest BCUT2D eigenvalue weighted by Gasteiger charge is -2.24. The van der Waals surface area contributed by atoms with E-state index in [1.165, 1.54) is 19.3 Å². The summed E-state index contributed by atoms with van der Waals surface area (Å²) in [5.41, 5.74) is 6.82. The quantitative estimate of drug-likeness (QED) is 0.791. The van der Waals surface area contributed by atoms with Crippen molar-refractivity contribution < 1.29 is 9.53 Å². The number of carbonyl (C=O) groups is 1. The molecule has 1 heterocycles. The molecule has 4 nitrogen and oxygen atoms in total. The van der Waals surface area contributed by atoms with Crippen LogP contribution in [-0.4, -0.2) is 17.6 Å². The predicted octanol–water partition coefficient (Wildman–Crippen LogP) is 1.94. The summed E-state index contributed by atoms with van der Waals surface area (Å²) in [6.45, 7) is 0.540. The molecule has 0 radical (unpaired) electrons. The zero-order valence-corrected chi connectivity index (χ0v) is 9.89. The molecule has 0 aromatic carbocycles. The summed E-state index contributed by atoms with van der Waals surface area (Å²) in [4.78, 5) is 15.6. The number of aromatic nitrogens is 1.